The Balaban J connectivity index is 1.62. The molecule has 0 aliphatic carbocycles. The molecule has 1 aromatic rings. The van der Waals surface area contributed by atoms with Crippen LogP contribution >= 0.6 is 11.3 Å². The fraction of sp³-hybridized carbons (Fsp3) is 0.722. The number of amides is 1. The van der Waals surface area contributed by atoms with Gasteiger partial charge in [-0.1, -0.05) is 6.07 Å². The van der Waals surface area contributed by atoms with E-state index in [4.69, 9.17) is 9.47 Å². The lowest BCUT2D eigenvalue weighted by Gasteiger charge is -2.50. The lowest BCUT2D eigenvalue weighted by Crippen LogP contribution is -2.56. The molecule has 0 radical (unpaired) electrons. The van der Waals surface area contributed by atoms with Crippen LogP contribution in [-0.2, 0) is 20.8 Å². The summed E-state index contributed by atoms with van der Waals surface area (Å²) in [7, 11) is 3.53. The third-order valence-electron chi connectivity index (χ3n) is 5.14. The van der Waals surface area contributed by atoms with Crippen molar-refractivity contribution in [3.63, 3.8) is 0 Å². The normalized spacial score (nSPS) is 27.7. The predicted molar refractivity (Wildman–Crippen MR) is 95.1 cm³/mol. The van der Waals surface area contributed by atoms with Crippen LogP contribution in [0.5, 0.6) is 0 Å². The van der Waals surface area contributed by atoms with E-state index in [2.05, 4.69) is 22.4 Å². The Hall–Kier alpha value is -0.950. The Bertz CT molecular complexity index is 534. The first-order valence-corrected chi connectivity index (χ1v) is 9.61. The highest BCUT2D eigenvalue weighted by Crippen LogP contribution is 2.41. The number of rotatable bonds is 6. The summed E-state index contributed by atoms with van der Waals surface area (Å²) < 4.78 is 11.9. The van der Waals surface area contributed by atoms with Gasteiger partial charge in [-0.05, 0) is 30.7 Å². The predicted octanol–water partition coefficient (Wildman–Crippen LogP) is 2.22. The molecule has 134 valence electrons. The molecule has 0 N–H and O–H groups in total. The maximum atomic E-state index is 11.8. The van der Waals surface area contributed by atoms with E-state index in [1.165, 1.54) is 4.88 Å². The SMILES string of the molecule is CN(C)C(=O)COC[C@]12CCCO[C@@H]1CCN(Cc1cccs1)C2. The van der Waals surface area contributed by atoms with Gasteiger partial charge in [0.05, 0.1) is 12.7 Å². The molecule has 6 heteroatoms. The summed E-state index contributed by atoms with van der Waals surface area (Å²) in [5.41, 5.74) is 0.0281. The molecule has 3 rings (SSSR count). The van der Waals surface area contributed by atoms with E-state index >= 15 is 0 Å². The first-order chi connectivity index (χ1) is 11.6. The van der Waals surface area contributed by atoms with E-state index in [1.807, 2.05) is 11.3 Å². The number of carbonyl (C=O) groups excluding carboxylic acids is 1. The molecule has 0 unspecified atom stereocenters. The smallest absolute Gasteiger partial charge is 0.248 e. The lowest BCUT2D eigenvalue weighted by atomic mass is 9.73. The number of piperidine rings is 1. The van der Waals surface area contributed by atoms with Gasteiger partial charge in [-0.25, -0.2) is 0 Å². The minimum Gasteiger partial charge on any atom is -0.377 e. The van der Waals surface area contributed by atoms with E-state index < -0.39 is 0 Å². The van der Waals surface area contributed by atoms with E-state index in [9.17, 15) is 4.79 Å². The van der Waals surface area contributed by atoms with Crippen molar-refractivity contribution in [1.29, 1.82) is 0 Å². The molecule has 3 heterocycles. The zero-order valence-electron chi connectivity index (χ0n) is 14.7. The largest absolute Gasteiger partial charge is 0.377 e. The number of hydrogen-bond acceptors (Lipinski definition) is 5. The molecule has 2 aliphatic heterocycles. The van der Waals surface area contributed by atoms with Gasteiger partial charge in [0.1, 0.15) is 6.61 Å². The fourth-order valence-corrected chi connectivity index (χ4v) is 4.57. The van der Waals surface area contributed by atoms with Gasteiger partial charge in [0.2, 0.25) is 5.91 Å². The number of hydrogen-bond donors (Lipinski definition) is 0. The second-order valence-corrected chi connectivity index (χ2v) is 8.22. The van der Waals surface area contributed by atoms with E-state index in [0.717, 1.165) is 45.5 Å². The van der Waals surface area contributed by atoms with E-state index in [0.29, 0.717) is 6.61 Å². The van der Waals surface area contributed by atoms with Gasteiger partial charge >= 0.3 is 0 Å². The van der Waals surface area contributed by atoms with Crippen molar-refractivity contribution in [3.8, 4) is 0 Å². The van der Waals surface area contributed by atoms with E-state index in [-0.39, 0.29) is 24.0 Å². The molecule has 2 saturated heterocycles. The highest BCUT2D eigenvalue weighted by Gasteiger charge is 2.46. The monoisotopic (exact) mass is 352 g/mol. The highest BCUT2D eigenvalue weighted by atomic mass is 32.1. The average molecular weight is 352 g/mol. The molecule has 0 aromatic carbocycles. The fourth-order valence-electron chi connectivity index (χ4n) is 3.82. The van der Waals surface area contributed by atoms with Crippen molar-refractivity contribution in [3.05, 3.63) is 22.4 Å². The summed E-state index contributed by atoms with van der Waals surface area (Å²) in [5.74, 6) is 0.0194. The molecule has 1 aromatic heterocycles. The molecule has 1 amide bonds. The lowest BCUT2D eigenvalue weighted by molar-refractivity contribution is -0.160. The highest BCUT2D eigenvalue weighted by molar-refractivity contribution is 7.09. The zero-order chi connectivity index (χ0) is 17.0. The third-order valence-corrected chi connectivity index (χ3v) is 6.00. The maximum absolute atomic E-state index is 11.8. The summed E-state index contributed by atoms with van der Waals surface area (Å²) in [4.78, 5) is 17.3. The first-order valence-electron chi connectivity index (χ1n) is 8.73. The van der Waals surface area contributed by atoms with Crippen molar-refractivity contribution in [2.75, 3.05) is 47.0 Å². The Morgan fingerprint density at radius 3 is 3.17 bits per heavy atom. The first kappa shape index (κ1) is 17.9. The second-order valence-electron chi connectivity index (χ2n) is 7.19. The second kappa shape index (κ2) is 7.95. The molecule has 5 nitrogen and oxygen atoms in total. The number of carbonyl (C=O) groups is 1. The molecule has 0 bridgehead atoms. The molecule has 2 fully saturated rings. The summed E-state index contributed by atoms with van der Waals surface area (Å²) in [6.45, 7) is 4.69. The molecule has 2 aliphatic rings. The summed E-state index contributed by atoms with van der Waals surface area (Å²) in [6.07, 6.45) is 3.51. The number of likely N-dealkylation sites (tertiary alicyclic amines) is 1. The van der Waals surface area contributed by atoms with Crippen LogP contribution < -0.4 is 0 Å². The molecule has 24 heavy (non-hydrogen) atoms. The topological polar surface area (TPSA) is 42.0 Å². The van der Waals surface area contributed by atoms with Crippen LogP contribution in [0.4, 0.5) is 0 Å². The summed E-state index contributed by atoms with van der Waals surface area (Å²) in [5, 5.41) is 2.14. The molecular weight excluding hydrogens is 324 g/mol. The standard InChI is InChI=1S/C18H28N2O3S/c1-19(2)17(21)12-22-14-18-7-4-9-23-16(18)6-8-20(13-18)11-15-5-3-10-24-15/h3,5,10,16H,4,6-9,11-14H2,1-2H3/t16-,18-/m1/s1. The van der Waals surface area contributed by atoms with Crippen LogP contribution in [0.3, 0.4) is 0 Å². The number of fused-ring (bicyclic) bond motifs is 1. The Labute approximate surface area is 148 Å². The number of ether oxygens (including phenoxy) is 2. The van der Waals surface area contributed by atoms with Gasteiger partial charge in [-0.3, -0.25) is 9.69 Å². The minimum absolute atomic E-state index is 0.0194. The average Bonchev–Trinajstić information content (AvgIpc) is 3.07. The zero-order valence-corrected chi connectivity index (χ0v) is 15.5. The Morgan fingerprint density at radius 2 is 2.42 bits per heavy atom. The van der Waals surface area contributed by atoms with Crippen molar-refractivity contribution in [1.82, 2.24) is 9.80 Å². The van der Waals surface area contributed by atoms with Gasteiger partial charge in [-0.15, -0.1) is 11.3 Å². The van der Waals surface area contributed by atoms with Crippen LogP contribution in [0, 0.1) is 5.41 Å². The molecular formula is C18H28N2O3S. The van der Waals surface area contributed by atoms with Crippen LogP contribution in [0.2, 0.25) is 0 Å². The summed E-state index contributed by atoms with van der Waals surface area (Å²) in [6, 6.07) is 4.31. The van der Waals surface area contributed by atoms with Gasteiger partial charge in [0, 0.05) is 50.6 Å². The van der Waals surface area contributed by atoms with Crippen molar-refractivity contribution in [2.24, 2.45) is 5.41 Å². The van der Waals surface area contributed by atoms with Gasteiger partial charge < -0.3 is 14.4 Å². The van der Waals surface area contributed by atoms with Crippen LogP contribution in [0.15, 0.2) is 17.5 Å². The Kier molecular flexibility index (Phi) is 5.92. The molecule has 2 atom stereocenters. The molecule has 0 spiro atoms. The van der Waals surface area contributed by atoms with Crippen LogP contribution in [0.1, 0.15) is 24.1 Å². The van der Waals surface area contributed by atoms with Crippen molar-refractivity contribution >= 4 is 17.2 Å². The van der Waals surface area contributed by atoms with Crippen molar-refractivity contribution in [2.45, 2.75) is 31.9 Å². The third kappa shape index (κ3) is 4.17. The maximum Gasteiger partial charge on any atom is 0.248 e. The van der Waals surface area contributed by atoms with Crippen LogP contribution in [-0.4, -0.2) is 68.8 Å². The van der Waals surface area contributed by atoms with Gasteiger partial charge in [-0.2, -0.15) is 0 Å². The quantitative estimate of drug-likeness (QED) is 0.787. The minimum atomic E-state index is 0.0194. The summed E-state index contributed by atoms with van der Waals surface area (Å²) >= 11 is 1.82. The Morgan fingerprint density at radius 1 is 1.54 bits per heavy atom. The molecule has 0 saturated carbocycles. The number of nitrogens with zero attached hydrogens (tertiary/aromatic N) is 2. The van der Waals surface area contributed by atoms with Gasteiger partial charge in [0.15, 0.2) is 0 Å². The van der Waals surface area contributed by atoms with Crippen molar-refractivity contribution < 1.29 is 14.3 Å². The van der Waals surface area contributed by atoms with Crippen LogP contribution in [0.25, 0.3) is 0 Å². The van der Waals surface area contributed by atoms with E-state index in [1.54, 1.807) is 19.0 Å². The van der Waals surface area contributed by atoms with Gasteiger partial charge in [0.25, 0.3) is 0 Å². The number of likely N-dealkylation sites (N-methyl/N-ethyl adjacent to an activating group) is 1. The number of thiophene rings is 1.